The van der Waals surface area contributed by atoms with Gasteiger partial charge in [0, 0.05) is 13.1 Å². The number of benzene rings is 3. The number of nitrogens with zero attached hydrogens (tertiary/aromatic N) is 1. The second-order valence-corrected chi connectivity index (χ2v) is 6.58. The Morgan fingerprint density at radius 1 is 0.920 bits per heavy atom. The maximum Gasteiger partial charge on any atom is 0.119 e. The molecule has 2 nitrogen and oxygen atoms in total. The lowest BCUT2D eigenvalue weighted by molar-refractivity contribution is 0.204. The molecule has 4 rings (SSSR count). The maximum atomic E-state index is 5.47. The molecule has 0 aliphatic carbocycles. The smallest absolute Gasteiger partial charge is 0.119 e. The third-order valence-electron chi connectivity index (χ3n) is 5.02. The molecule has 1 heterocycles. The van der Waals surface area contributed by atoms with Crippen LogP contribution in [-0.2, 0) is 13.0 Å². The van der Waals surface area contributed by atoms with Crippen molar-refractivity contribution in [3.63, 3.8) is 0 Å². The molecule has 0 aromatic heterocycles. The van der Waals surface area contributed by atoms with Crippen LogP contribution in [0.4, 0.5) is 0 Å². The van der Waals surface area contributed by atoms with Gasteiger partial charge in [-0.25, -0.2) is 0 Å². The summed E-state index contributed by atoms with van der Waals surface area (Å²) in [6, 6.07) is 28.3. The summed E-state index contributed by atoms with van der Waals surface area (Å²) in [5, 5.41) is 0. The van der Waals surface area contributed by atoms with Crippen molar-refractivity contribution < 1.29 is 4.74 Å². The minimum absolute atomic E-state index is 0.264. The van der Waals surface area contributed by atoms with Crippen LogP contribution in [0.25, 0.3) is 0 Å². The van der Waals surface area contributed by atoms with Gasteiger partial charge in [0.15, 0.2) is 0 Å². The fraction of sp³-hybridized carbons (Fsp3) is 0.217. The first-order chi connectivity index (χ1) is 12.3. The van der Waals surface area contributed by atoms with E-state index in [2.05, 4.69) is 77.7 Å². The van der Waals surface area contributed by atoms with Gasteiger partial charge in [0.05, 0.1) is 13.2 Å². The van der Waals surface area contributed by atoms with E-state index in [0.717, 1.165) is 25.3 Å². The first-order valence-corrected chi connectivity index (χ1v) is 8.85. The van der Waals surface area contributed by atoms with Crippen molar-refractivity contribution in [1.82, 2.24) is 4.90 Å². The van der Waals surface area contributed by atoms with Gasteiger partial charge in [0.1, 0.15) is 5.75 Å². The van der Waals surface area contributed by atoms with Gasteiger partial charge in [-0.1, -0.05) is 66.7 Å². The van der Waals surface area contributed by atoms with E-state index in [1.807, 2.05) is 6.07 Å². The van der Waals surface area contributed by atoms with Gasteiger partial charge in [0.2, 0.25) is 0 Å². The molecule has 1 aliphatic rings. The van der Waals surface area contributed by atoms with Crippen molar-refractivity contribution in [2.24, 2.45) is 0 Å². The minimum atomic E-state index is 0.264. The van der Waals surface area contributed by atoms with Crippen LogP contribution in [0.5, 0.6) is 5.75 Å². The Bertz CT molecular complexity index is 843. The molecule has 0 N–H and O–H groups in total. The Balaban J connectivity index is 1.75. The second-order valence-electron chi connectivity index (χ2n) is 6.58. The summed E-state index contributed by atoms with van der Waals surface area (Å²) in [5.41, 5.74) is 5.52. The van der Waals surface area contributed by atoms with Crippen LogP contribution in [0.15, 0.2) is 78.9 Å². The lowest BCUT2D eigenvalue weighted by Gasteiger charge is -2.38. The van der Waals surface area contributed by atoms with E-state index in [1.54, 1.807) is 7.11 Å². The molecule has 0 saturated carbocycles. The average Bonchev–Trinajstić information content (AvgIpc) is 2.68. The molecule has 0 spiro atoms. The number of fused-ring (bicyclic) bond motifs is 1. The molecule has 3 aromatic carbocycles. The summed E-state index contributed by atoms with van der Waals surface area (Å²) in [5.74, 6) is 0.917. The van der Waals surface area contributed by atoms with Crippen molar-refractivity contribution in [1.29, 1.82) is 0 Å². The Labute approximate surface area is 149 Å². The third-order valence-corrected chi connectivity index (χ3v) is 5.02. The molecule has 0 amide bonds. The van der Waals surface area contributed by atoms with Crippen molar-refractivity contribution in [3.8, 4) is 5.75 Å². The fourth-order valence-corrected chi connectivity index (χ4v) is 3.81. The molecule has 0 bridgehead atoms. The highest BCUT2D eigenvalue weighted by Gasteiger charge is 2.28. The predicted octanol–water partition coefficient (Wildman–Crippen LogP) is 4.84. The van der Waals surface area contributed by atoms with Crippen LogP contribution < -0.4 is 4.74 Å². The zero-order chi connectivity index (χ0) is 17.1. The number of rotatable bonds is 4. The molecule has 25 heavy (non-hydrogen) atoms. The fourth-order valence-electron chi connectivity index (χ4n) is 3.81. The number of methoxy groups -OCH3 is 1. The minimum Gasteiger partial charge on any atom is -0.497 e. The van der Waals surface area contributed by atoms with Crippen molar-refractivity contribution in [2.75, 3.05) is 13.7 Å². The van der Waals surface area contributed by atoms with Gasteiger partial charge >= 0.3 is 0 Å². The van der Waals surface area contributed by atoms with E-state index in [-0.39, 0.29) is 6.04 Å². The Kier molecular flexibility index (Phi) is 4.53. The molecule has 3 aromatic rings. The van der Waals surface area contributed by atoms with Crippen LogP contribution in [0.2, 0.25) is 0 Å². The zero-order valence-electron chi connectivity index (χ0n) is 14.6. The molecular weight excluding hydrogens is 306 g/mol. The lowest BCUT2D eigenvalue weighted by Crippen LogP contribution is -2.35. The van der Waals surface area contributed by atoms with Crippen LogP contribution in [0, 0.1) is 0 Å². The van der Waals surface area contributed by atoms with E-state index in [1.165, 1.54) is 22.3 Å². The molecule has 0 saturated heterocycles. The number of hydrogen-bond donors (Lipinski definition) is 0. The van der Waals surface area contributed by atoms with E-state index in [4.69, 9.17) is 4.74 Å². The van der Waals surface area contributed by atoms with Crippen molar-refractivity contribution in [2.45, 2.75) is 19.0 Å². The van der Waals surface area contributed by atoms with Gasteiger partial charge in [-0.05, 0) is 40.8 Å². The third kappa shape index (κ3) is 3.31. The molecule has 2 heteroatoms. The average molecular weight is 329 g/mol. The van der Waals surface area contributed by atoms with E-state index in [0.29, 0.717) is 0 Å². The monoisotopic (exact) mass is 329 g/mol. The van der Waals surface area contributed by atoms with Gasteiger partial charge in [-0.3, -0.25) is 4.90 Å². The normalized spacial score (nSPS) is 17.1. The van der Waals surface area contributed by atoms with Crippen LogP contribution in [-0.4, -0.2) is 18.6 Å². The predicted molar refractivity (Wildman–Crippen MR) is 102 cm³/mol. The number of ether oxygens (including phenoxy) is 1. The summed E-state index contributed by atoms with van der Waals surface area (Å²) in [6.45, 7) is 2.02. The van der Waals surface area contributed by atoms with Gasteiger partial charge in [0.25, 0.3) is 0 Å². The van der Waals surface area contributed by atoms with Crippen LogP contribution in [0.1, 0.15) is 28.3 Å². The highest BCUT2D eigenvalue weighted by Crippen LogP contribution is 2.37. The summed E-state index contributed by atoms with van der Waals surface area (Å²) >= 11 is 0. The Hall–Kier alpha value is -2.58. The van der Waals surface area contributed by atoms with E-state index >= 15 is 0 Å². The summed E-state index contributed by atoms with van der Waals surface area (Å²) in [4.78, 5) is 2.58. The number of hydrogen-bond acceptors (Lipinski definition) is 2. The van der Waals surface area contributed by atoms with E-state index < -0.39 is 0 Å². The molecular formula is C23H23NO. The first kappa shape index (κ1) is 15.9. The van der Waals surface area contributed by atoms with Crippen LogP contribution in [0.3, 0.4) is 0 Å². The Morgan fingerprint density at radius 3 is 2.56 bits per heavy atom. The standard InChI is InChI=1S/C23H23NO/c1-25-21-12-7-11-20(16-21)23-22-13-6-5-10-19(22)14-15-24(23)17-18-8-3-2-4-9-18/h2-13,16,23H,14-15,17H2,1H3. The Morgan fingerprint density at radius 2 is 1.72 bits per heavy atom. The van der Waals surface area contributed by atoms with Gasteiger partial charge in [-0.2, -0.15) is 0 Å². The lowest BCUT2D eigenvalue weighted by atomic mass is 9.88. The molecule has 126 valence electrons. The SMILES string of the molecule is COc1cccc(C2c3ccccc3CCN2Cc2ccccc2)c1. The largest absolute Gasteiger partial charge is 0.497 e. The van der Waals surface area contributed by atoms with E-state index in [9.17, 15) is 0 Å². The topological polar surface area (TPSA) is 12.5 Å². The summed E-state index contributed by atoms with van der Waals surface area (Å²) < 4.78 is 5.47. The van der Waals surface area contributed by atoms with Gasteiger partial charge < -0.3 is 4.74 Å². The summed E-state index contributed by atoms with van der Waals surface area (Å²) in [6.07, 6.45) is 1.10. The van der Waals surface area contributed by atoms with Gasteiger partial charge in [-0.15, -0.1) is 0 Å². The highest BCUT2D eigenvalue weighted by molar-refractivity contribution is 5.42. The van der Waals surface area contributed by atoms with Crippen molar-refractivity contribution >= 4 is 0 Å². The highest BCUT2D eigenvalue weighted by atomic mass is 16.5. The molecule has 1 atom stereocenters. The maximum absolute atomic E-state index is 5.47. The molecule has 1 unspecified atom stereocenters. The quantitative estimate of drug-likeness (QED) is 0.679. The van der Waals surface area contributed by atoms with Crippen LogP contribution >= 0.6 is 0 Å². The first-order valence-electron chi connectivity index (χ1n) is 8.85. The van der Waals surface area contributed by atoms with Crippen molar-refractivity contribution in [3.05, 3.63) is 101 Å². The summed E-state index contributed by atoms with van der Waals surface area (Å²) in [7, 11) is 1.73. The molecule has 0 radical (unpaired) electrons. The molecule has 0 fully saturated rings. The zero-order valence-corrected chi connectivity index (χ0v) is 14.6. The molecule has 1 aliphatic heterocycles. The second kappa shape index (κ2) is 7.12.